The molecule has 2 aromatic heterocycles. The third-order valence-corrected chi connectivity index (χ3v) is 5.11. The van der Waals surface area contributed by atoms with E-state index in [9.17, 15) is 9.59 Å². The normalized spacial score (nSPS) is 10.4. The van der Waals surface area contributed by atoms with Crippen molar-refractivity contribution >= 4 is 40.6 Å². The SMILES string of the molecule is C=CC(=O)Nc1cccc(Nc2nc(Nc3cnn(C)c3)ncc2C(=O)NCCc2ccccc2)c1. The summed E-state index contributed by atoms with van der Waals surface area (Å²) >= 11 is 0. The monoisotopic (exact) mass is 482 g/mol. The second-order valence-electron chi connectivity index (χ2n) is 7.87. The second kappa shape index (κ2) is 11.4. The standard InChI is InChI=1S/C26H26N8O2/c1-3-23(35)30-19-10-7-11-20(14-19)31-24-22(25(36)27-13-12-18-8-5-4-6-9-18)16-28-26(33-24)32-21-15-29-34(2)17-21/h3-11,14-17H,1,12-13H2,2H3,(H,27,36)(H,30,35)(H2,28,31,32,33). The van der Waals surface area contributed by atoms with Crippen LogP contribution in [0.2, 0.25) is 0 Å². The largest absolute Gasteiger partial charge is 0.352 e. The topological polar surface area (TPSA) is 126 Å². The van der Waals surface area contributed by atoms with Crippen molar-refractivity contribution in [2.45, 2.75) is 6.42 Å². The van der Waals surface area contributed by atoms with Crippen LogP contribution in [0.3, 0.4) is 0 Å². The molecule has 2 amide bonds. The lowest BCUT2D eigenvalue weighted by atomic mass is 10.1. The van der Waals surface area contributed by atoms with Gasteiger partial charge in [0, 0.05) is 37.4 Å². The maximum absolute atomic E-state index is 13.0. The van der Waals surface area contributed by atoms with Crippen molar-refractivity contribution in [3.05, 3.63) is 97.0 Å². The van der Waals surface area contributed by atoms with Gasteiger partial charge in [0.05, 0.1) is 11.9 Å². The predicted molar refractivity (Wildman–Crippen MR) is 140 cm³/mol. The number of aromatic nitrogens is 4. The van der Waals surface area contributed by atoms with Gasteiger partial charge in [-0.05, 0) is 36.3 Å². The number of hydrogen-bond acceptors (Lipinski definition) is 7. The van der Waals surface area contributed by atoms with E-state index in [1.165, 1.54) is 12.3 Å². The molecule has 10 heteroatoms. The van der Waals surface area contributed by atoms with Crippen LogP contribution in [0, 0.1) is 0 Å². The predicted octanol–water partition coefficient (Wildman–Crippen LogP) is 3.79. The molecule has 0 aliphatic heterocycles. The van der Waals surface area contributed by atoms with E-state index >= 15 is 0 Å². The molecule has 2 aromatic carbocycles. The lowest BCUT2D eigenvalue weighted by molar-refractivity contribution is -0.111. The zero-order chi connectivity index (χ0) is 25.3. The first-order chi connectivity index (χ1) is 17.5. The van der Waals surface area contributed by atoms with E-state index in [2.05, 4.69) is 42.9 Å². The molecule has 0 atom stereocenters. The summed E-state index contributed by atoms with van der Waals surface area (Å²) in [6.07, 6.45) is 6.79. The van der Waals surface area contributed by atoms with E-state index in [4.69, 9.17) is 0 Å². The summed E-state index contributed by atoms with van der Waals surface area (Å²) in [7, 11) is 1.81. The van der Waals surface area contributed by atoms with Crippen molar-refractivity contribution in [1.82, 2.24) is 25.1 Å². The Labute approximate surface area is 208 Å². The fourth-order valence-electron chi connectivity index (χ4n) is 3.38. The van der Waals surface area contributed by atoms with Gasteiger partial charge in [0.2, 0.25) is 11.9 Å². The fraction of sp³-hybridized carbons (Fsp3) is 0.115. The summed E-state index contributed by atoms with van der Waals surface area (Å²) in [5.41, 5.74) is 3.31. The maximum atomic E-state index is 13.0. The van der Waals surface area contributed by atoms with Crippen molar-refractivity contribution in [2.24, 2.45) is 7.05 Å². The molecular weight excluding hydrogens is 456 g/mol. The van der Waals surface area contributed by atoms with Gasteiger partial charge in [0.25, 0.3) is 5.91 Å². The zero-order valence-electron chi connectivity index (χ0n) is 19.7. The minimum atomic E-state index is -0.323. The smallest absolute Gasteiger partial charge is 0.256 e. The number of nitrogens with zero attached hydrogens (tertiary/aromatic N) is 4. The van der Waals surface area contributed by atoms with Crippen LogP contribution in [0.25, 0.3) is 0 Å². The lowest BCUT2D eigenvalue weighted by Crippen LogP contribution is -2.27. The summed E-state index contributed by atoms with van der Waals surface area (Å²) in [5.74, 6) is -0.0312. The van der Waals surface area contributed by atoms with Gasteiger partial charge >= 0.3 is 0 Å². The number of benzene rings is 2. The van der Waals surface area contributed by atoms with Gasteiger partial charge in [-0.2, -0.15) is 10.1 Å². The molecule has 0 saturated heterocycles. The van der Waals surface area contributed by atoms with E-state index in [1.54, 1.807) is 48.4 Å². The van der Waals surface area contributed by atoms with Gasteiger partial charge < -0.3 is 21.3 Å². The van der Waals surface area contributed by atoms with E-state index in [-0.39, 0.29) is 17.4 Å². The summed E-state index contributed by atoms with van der Waals surface area (Å²) in [6, 6.07) is 17.0. The van der Waals surface area contributed by atoms with Gasteiger partial charge in [0.15, 0.2) is 0 Å². The Bertz CT molecular complexity index is 1370. The Morgan fingerprint density at radius 3 is 2.56 bits per heavy atom. The molecule has 0 fully saturated rings. The molecule has 4 aromatic rings. The number of amides is 2. The van der Waals surface area contributed by atoms with Crippen LogP contribution >= 0.6 is 0 Å². The van der Waals surface area contributed by atoms with Crippen molar-refractivity contribution in [1.29, 1.82) is 0 Å². The highest BCUT2D eigenvalue weighted by Gasteiger charge is 2.16. The molecule has 2 heterocycles. The average Bonchev–Trinajstić information content (AvgIpc) is 3.29. The van der Waals surface area contributed by atoms with Crippen molar-refractivity contribution in [3.63, 3.8) is 0 Å². The Morgan fingerprint density at radius 2 is 1.81 bits per heavy atom. The third-order valence-electron chi connectivity index (χ3n) is 5.11. The van der Waals surface area contributed by atoms with Crippen molar-refractivity contribution < 1.29 is 9.59 Å². The fourth-order valence-corrected chi connectivity index (χ4v) is 3.38. The minimum Gasteiger partial charge on any atom is -0.352 e. The first-order valence-corrected chi connectivity index (χ1v) is 11.3. The van der Waals surface area contributed by atoms with Gasteiger partial charge in [0.1, 0.15) is 11.4 Å². The molecule has 182 valence electrons. The second-order valence-corrected chi connectivity index (χ2v) is 7.87. The summed E-state index contributed by atoms with van der Waals surface area (Å²) in [4.78, 5) is 33.6. The van der Waals surface area contributed by atoms with Crippen molar-refractivity contribution in [3.8, 4) is 0 Å². The third kappa shape index (κ3) is 6.54. The van der Waals surface area contributed by atoms with Crippen LogP contribution in [-0.4, -0.2) is 38.1 Å². The quantitative estimate of drug-likeness (QED) is 0.253. The van der Waals surface area contributed by atoms with E-state index < -0.39 is 0 Å². The van der Waals surface area contributed by atoms with Gasteiger partial charge in [-0.15, -0.1) is 0 Å². The van der Waals surface area contributed by atoms with E-state index in [0.29, 0.717) is 41.8 Å². The summed E-state index contributed by atoms with van der Waals surface area (Å²) < 4.78 is 1.65. The number of anilines is 5. The number of rotatable bonds is 10. The van der Waals surface area contributed by atoms with Crippen LogP contribution < -0.4 is 21.3 Å². The highest BCUT2D eigenvalue weighted by atomic mass is 16.2. The molecule has 4 N–H and O–H groups in total. The number of nitrogens with one attached hydrogen (secondary N) is 4. The van der Waals surface area contributed by atoms with Crippen molar-refractivity contribution in [2.75, 3.05) is 22.5 Å². The minimum absolute atomic E-state index is 0.278. The molecular formula is C26H26N8O2. The molecule has 4 rings (SSSR count). The molecule has 0 aliphatic carbocycles. The molecule has 0 unspecified atom stereocenters. The molecule has 0 spiro atoms. The molecule has 36 heavy (non-hydrogen) atoms. The first-order valence-electron chi connectivity index (χ1n) is 11.3. The highest BCUT2D eigenvalue weighted by molar-refractivity contribution is 6.00. The number of carbonyl (C=O) groups excluding carboxylic acids is 2. The molecule has 0 radical (unpaired) electrons. The number of carbonyl (C=O) groups is 2. The van der Waals surface area contributed by atoms with Crippen LogP contribution in [0.5, 0.6) is 0 Å². The highest BCUT2D eigenvalue weighted by Crippen LogP contribution is 2.23. The Balaban J connectivity index is 1.55. The van der Waals surface area contributed by atoms with Crippen LogP contribution in [0.15, 0.2) is 85.8 Å². The van der Waals surface area contributed by atoms with Gasteiger partial charge in [-0.3, -0.25) is 14.3 Å². The van der Waals surface area contributed by atoms with Crippen LogP contribution in [0.1, 0.15) is 15.9 Å². The average molecular weight is 483 g/mol. The first kappa shape index (κ1) is 24.1. The Morgan fingerprint density at radius 1 is 1.00 bits per heavy atom. The van der Waals surface area contributed by atoms with Gasteiger partial charge in [-0.1, -0.05) is 43.0 Å². The van der Waals surface area contributed by atoms with Crippen LogP contribution in [0.4, 0.5) is 28.8 Å². The molecule has 10 nitrogen and oxygen atoms in total. The van der Waals surface area contributed by atoms with E-state index in [1.807, 2.05) is 30.3 Å². The number of hydrogen-bond donors (Lipinski definition) is 4. The summed E-state index contributed by atoms with van der Waals surface area (Å²) in [5, 5.41) is 16.0. The van der Waals surface area contributed by atoms with E-state index in [0.717, 1.165) is 5.56 Å². The van der Waals surface area contributed by atoms with Gasteiger partial charge in [-0.25, -0.2) is 4.98 Å². The van der Waals surface area contributed by atoms with Crippen LogP contribution in [-0.2, 0) is 18.3 Å². The Hall–Kier alpha value is -4.99. The number of aryl methyl sites for hydroxylation is 1. The zero-order valence-corrected chi connectivity index (χ0v) is 19.7. The summed E-state index contributed by atoms with van der Waals surface area (Å²) in [6.45, 7) is 3.92. The molecule has 0 bridgehead atoms. The molecule has 0 saturated carbocycles. The maximum Gasteiger partial charge on any atom is 0.256 e. The lowest BCUT2D eigenvalue weighted by Gasteiger charge is -2.14. The molecule has 0 aliphatic rings. The Kier molecular flexibility index (Phi) is 7.66.